The molecule has 1 aliphatic rings. The van der Waals surface area contributed by atoms with E-state index in [1.807, 2.05) is 19.1 Å². The fraction of sp³-hybridized carbons (Fsp3) is 0.833. The van der Waals surface area contributed by atoms with Gasteiger partial charge in [-0.2, -0.15) is 0 Å². The summed E-state index contributed by atoms with van der Waals surface area (Å²) in [4.78, 5) is 0. The molecule has 0 amide bonds. The minimum absolute atomic E-state index is 0.752. The summed E-state index contributed by atoms with van der Waals surface area (Å²) in [5.74, 6) is 0.936. The van der Waals surface area contributed by atoms with Crippen molar-refractivity contribution in [1.29, 1.82) is 0 Å². The van der Waals surface area contributed by atoms with Gasteiger partial charge in [0.1, 0.15) is 0 Å². The fourth-order valence-corrected chi connectivity index (χ4v) is 1.91. The van der Waals surface area contributed by atoms with E-state index < -0.39 is 0 Å². The molecule has 0 atom stereocenters. The molecule has 14 heavy (non-hydrogen) atoms. The van der Waals surface area contributed by atoms with Gasteiger partial charge in [0.2, 0.25) is 0 Å². The maximum Gasteiger partial charge on any atom is 0.0647 e. The Balaban J connectivity index is 1.79. The number of ether oxygens (including phenoxy) is 1. The zero-order chi connectivity index (χ0) is 10.1. The number of hydrogen-bond donors (Lipinski definition) is 1. The lowest BCUT2D eigenvalue weighted by Gasteiger charge is -2.09. The van der Waals surface area contributed by atoms with Crippen LogP contribution in [0, 0.1) is 5.92 Å². The van der Waals surface area contributed by atoms with E-state index in [0.29, 0.717) is 0 Å². The van der Waals surface area contributed by atoms with Crippen LogP contribution in [-0.2, 0) is 4.74 Å². The van der Waals surface area contributed by atoms with E-state index in [1.165, 1.54) is 32.2 Å². The SMILES string of the molecule is CC=CCOCCNCC1CCCC1. The summed E-state index contributed by atoms with van der Waals surface area (Å²) in [7, 11) is 0. The van der Waals surface area contributed by atoms with E-state index in [0.717, 1.165) is 25.7 Å². The Kier molecular flexibility index (Phi) is 6.71. The zero-order valence-electron chi connectivity index (χ0n) is 9.30. The fourth-order valence-electron chi connectivity index (χ4n) is 1.91. The maximum absolute atomic E-state index is 5.39. The molecular weight excluding hydrogens is 174 g/mol. The first-order valence-corrected chi connectivity index (χ1v) is 5.83. The second-order valence-corrected chi connectivity index (χ2v) is 4.00. The molecule has 0 unspecified atom stereocenters. The molecule has 0 aromatic rings. The van der Waals surface area contributed by atoms with Gasteiger partial charge in [0.05, 0.1) is 13.2 Å². The molecule has 0 saturated heterocycles. The van der Waals surface area contributed by atoms with Crippen LogP contribution in [0.5, 0.6) is 0 Å². The molecule has 2 nitrogen and oxygen atoms in total. The molecule has 1 rings (SSSR count). The first kappa shape index (κ1) is 11.7. The van der Waals surface area contributed by atoms with Gasteiger partial charge in [0.25, 0.3) is 0 Å². The predicted octanol–water partition coefficient (Wildman–Crippen LogP) is 2.36. The molecule has 1 N–H and O–H groups in total. The Bertz CT molecular complexity index is 150. The molecule has 1 aliphatic carbocycles. The van der Waals surface area contributed by atoms with Crippen LogP contribution in [0.4, 0.5) is 0 Å². The highest BCUT2D eigenvalue weighted by Gasteiger charge is 2.13. The van der Waals surface area contributed by atoms with Gasteiger partial charge < -0.3 is 10.1 Å². The van der Waals surface area contributed by atoms with E-state index in [1.54, 1.807) is 0 Å². The molecule has 1 saturated carbocycles. The van der Waals surface area contributed by atoms with E-state index in [-0.39, 0.29) is 0 Å². The summed E-state index contributed by atoms with van der Waals surface area (Å²) >= 11 is 0. The highest BCUT2D eigenvalue weighted by molar-refractivity contribution is 4.75. The molecule has 0 radical (unpaired) electrons. The lowest BCUT2D eigenvalue weighted by Crippen LogP contribution is -2.25. The number of rotatable bonds is 7. The summed E-state index contributed by atoms with van der Waals surface area (Å²) in [5, 5.41) is 3.46. The van der Waals surface area contributed by atoms with Crippen LogP contribution in [-0.4, -0.2) is 26.3 Å². The van der Waals surface area contributed by atoms with Gasteiger partial charge in [0.15, 0.2) is 0 Å². The summed E-state index contributed by atoms with van der Waals surface area (Å²) in [5.41, 5.74) is 0. The molecule has 0 aromatic carbocycles. The van der Waals surface area contributed by atoms with Crippen molar-refractivity contribution in [3.05, 3.63) is 12.2 Å². The summed E-state index contributed by atoms with van der Waals surface area (Å²) < 4.78 is 5.39. The average molecular weight is 197 g/mol. The number of nitrogens with one attached hydrogen (secondary N) is 1. The van der Waals surface area contributed by atoms with Gasteiger partial charge in [-0.15, -0.1) is 0 Å². The smallest absolute Gasteiger partial charge is 0.0647 e. The molecule has 2 heteroatoms. The highest BCUT2D eigenvalue weighted by Crippen LogP contribution is 2.23. The Morgan fingerprint density at radius 3 is 2.86 bits per heavy atom. The van der Waals surface area contributed by atoms with Crippen molar-refractivity contribution in [2.24, 2.45) is 5.92 Å². The Hall–Kier alpha value is -0.340. The number of hydrogen-bond acceptors (Lipinski definition) is 2. The van der Waals surface area contributed by atoms with E-state index in [9.17, 15) is 0 Å². The van der Waals surface area contributed by atoms with Crippen molar-refractivity contribution in [3.63, 3.8) is 0 Å². The van der Waals surface area contributed by atoms with Gasteiger partial charge in [-0.1, -0.05) is 25.0 Å². The normalized spacial score (nSPS) is 18.4. The average Bonchev–Trinajstić information content (AvgIpc) is 2.69. The first-order valence-electron chi connectivity index (χ1n) is 5.83. The molecule has 0 heterocycles. The number of allylic oxidation sites excluding steroid dienone is 1. The third-order valence-corrected chi connectivity index (χ3v) is 2.78. The van der Waals surface area contributed by atoms with Gasteiger partial charge in [-0.05, 0) is 32.2 Å². The molecular formula is C12H23NO. The monoisotopic (exact) mass is 197 g/mol. The predicted molar refractivity (Wildman–Crippen MR) is 60.5 cm³/mol. The van der Waals surface area contributed by atoms with Crippen LogP contribution in [0.15, 0.2) is 12.2 Å². The summed E-state index contributed by atoms with van der Waals surface area (Å²) in [6, 6.07) is 0. The minimum atomic E-state index is 0.752. The summed E-state index contributed by atoms with van der Waals surface area (Å²) in [6.45, 7) is 5.78. The van der Waals surface area contributed by atoms with Crippen molar-refractivity contribution < 1.29 is 4.74 Å². The Labute approximate surface area is 87.7 Å². The van der Waals surface area contributed by atoms with Crippen LogP contribution < -0.4 is 5.32 Å². The standard InChI is InChI=1S/C12H23NO/c1-2-3-9-14-10-8-13-11-12-6-4-5-7-12/h2-3,12-13H,4-11H2,1H3. The molecule has 0 spiro atoms. The van der Waals surface area contributed by atoms with Crippen LogP contribution in [0.1, 0.15) is 32.6 Å². The van der Waals surface area contributed by atoms with Gasteiger partial charge in [-0.25, -0.2) is 0 Å². The third-order valence-electron chi connectivity index (χ3n) is 2.78. The van der Waals surface area contributed by atoms with Crippen LogP contribution >= 0.6 is 0 Å². The third kappa shape index (κ3) is 5.40. The van der Waals surface area contributed by atoms with Crippen LogP contribution in [0.3, 0.4) is 0 Å². The second-order valence-electron chi connectivity index (χ2n) is 4.00. The highest BCUT2D eigenvalue weighted by atomic mass is 16.5. The van der Waals surface area contributed by atoms with E-state index in [2.05, 4.69) is 5.32 Å². The minimum Gasteiger partial charge on any atom is -0.376 e. The molecule has 82 valence electrons. The molecule has 0 aliphatic heterocycles. The second kappa shape index (κ2) is 8.01. The quantitative estimate of drug-likeness (QED) is 0.500. The Morgan fingerprint density at radius 1 is 1.36 bits per heavy atom. The van der Waals surface area contributed by atoms with Crippen molar-refractivity contribution in [1.82, 2.24) is 5.32 Å². The van der Waals surface area contributed by atoms with E-state index >= 15 is 0 Å². The summed E-state index contributed by atoms with van der Waals surface area (Å²) in [6.07, 6.45) is 9.77. The maximum atomic E-state index is 5.39. The molecule has 0 bridgehead atoms. The molecule has 1 fully saturated rings. The van der Waals surface area contributed by atoms with Crippen molar-refractivity contribution in [3.8, 4) is 0 Å². The van der Waals surface area contributed by atoms with Gasteiger partial charge >= 0.3 is 0 Å². The van der Waals surface area contributed by atoms with Crippen molar-refractivity contribution in [2.75, 3.05) is 26.3 Å². The molecule has 0 aromatic heterocycles. The lowest BCUT2D eigenvalue weighted by molar-refractivity contribution is 0.162. The zero-order valence-corrected chi connectivity index (χ0v) is 9.30. The van der Waals surface area contributed by atoms with Gasteiger partial charge in [0, 0.05) is 6.54 Å². The van der Waals surface area contributed by atoms with Crippen molar-refractivity contribution in [2.45, 2.75) is 32.6 Å². The van der Waals surface area contributed by atoms with Gasteiger partial charge in [-0.3, -0.25) is 0 Å². The van der Waals surface area contributed by atoms with Crippen LogP contribution in [0.25, 0.3) is 0 Å². The van der Waals surface area contributed by atoms with Crippen molar-refractivity contribution >= 4 is 0 Å². The lowest BCUT2D eigenvalue weighted by atomic mass is 10.1. The largest absolute Gasteiger partial charge is 0.376 e. The topological polar surface area (TPSA) is 21.3 Å². The van der Waals surface area contributed by atoms with Crippen LogP contribution in [0.2, 0.25) is 0 Å². The van der Waals surface area contributed by atoms with E-state index in [4.69, 9.17) is 4.74 Å². The first-order chi connectivity index (χ1) is 6.93. The Morgan fingerprint density at radius 2 is 2.14 bits per heavy atom.